The molecule has 0 saturated heterocycles. The van der Waals surface area contributed by atoms with E-state index in [-0.39, 0.29) is 31.4 Å². The predicted octanol–water partition coefficient (Wildman–Crippen LogP) is 3.76. The van der Waals surface area contributed by atoms with Gasteiger partial charge in [0.25, 0.3) is 0 Å². The van der Waals surface area contributed by atoms with Crippen LogP contribution in [0.1, 0.15) is 85.5 Å². The fourth-order valence-electron chi connectivity index (χ4n) is 3.55. The fraction of sp³-hybridized carbons (Fsp3) is 0.857. The Morgan fingerprint density at radius 1 is 1.07 bits per heavy atom. The van der Waals surface area contributed by atoms with E-state index < -0.39 is 17.5 Å². The van der Waals surface area contributed by atoms with Gasteiger partial charge in [0.1, 0.15) is 12.1 Å². The third kappa shape index (κ3) is 11.0. The van der Waals surface area contributed by atoms with E-state index in [0.717, 1.165) is 18.8 Å². The largest absolute Gasteiger partial charge is 0.465 e. The van der Waals surface area contributed by atoms with Crippen LogP contribution in [-0.4, -0.2) is 36.6 Å². The summed E-state index contributed by atoms with van der Waals surface area (Å²) in [5.74, 6) is -0.862. The van der Waals surface area contributed by atoms with Gasteiger partial charge in [0.2, 0.25) is 5.91 Å². The van der Waals surface area contributed by atoms with E-state index in [1.54, 1.807) is 6.92 Å². The lowest BCUT2D eigenvalue weighted by molar-refractivity contribution is -0.157. The van der Waals surface area contributed by atoms with Crippen LogP contribution in [0.2, 0.25) is 0 Å². The molecule has 1 fully saturated rings. The summed E-state index contributed by atoms with van der Waals surface area (Å²) in [6.07, 6.45) is 9.13. The van der Waals surface area contributed by atoms with E-state index in [0.29, 0.717) is 6.42 Å². The Hall–Kier alpha value is -1.59. The van der Waals surface area contributed by atoms with Crippen molar-refractivity contribution in [2.75, 3.05) is 13.2 Å². The van der Waals surface area contributed by atoms with Gasteiger partial charge in [-0.25, -0.2) is 0 Å². The second kappa shape index (κ2) is 12.0. The lowest BCUT2D eigenvalue weighted by atomic mass is 9.84. The number of hydrogen-bond donors (Lipinski definition) is 1. The molecule has 6 nitrogen and oxygen atoms in total. The maximum atomic E-state index is 12.5. The molecule has 1 unspecified atom stereocenters. The van der Waals surface area contributed by atoms with Crippen molar-refractivity contribution in [3.05, 3.63) is 0 Å². The second-order valence-electron chi connectivity index (χ2n) is 8.45. The monoisotopic (exact) mass is 383 g/mol. The Balaban J connectivity index is 2.54. The molecular weight excluding hydrogens is 346 g/mol. The molecule has 0 heterocycles. The van der Waals surface area contributed by atoms with Crippen molar-refractivity contribution in [3.8, 4) is 0 Å². The Bertz CT molecular complexity index is 477. The standard InChI is InChI=1S/C21H37NO5/c1-5-26-19(24)15-22-20(25)17(14-18(23)27-21(2,3)4)13-9-12-16-10-7-6-8-11-16/h16-17H,5-15H2,1-4H3,(H,22,25). The molecule has 1 atom stereocenters. The van der Waals surface area contributed by atoms with Crippen LogP contribution < -0.4 is 5.32 Å². The van der Waals surface area contributed by atoms with Crippen LogP contribution in [-0.2, 0) is 23.9 Å². The topological polar surface area (TPSA) is 81.7 Å². The fourth-order valence-corrected chi connectivity index (χ4v) is 3.55. The highest BCUT2D eigenvalue weighted by atomic mass is 16.6. The minimum absolute atomic E-state index is 0.0383. The molecule has 1 aliphatic rings. The average Bonchev–Trinajstić information content (AvgIpc) is 2.58. The van der Waals surface area contributed by atoms with Crippen LogP contribution in [0.25, 0.3) is 0 Å². The molecule has 1 amide bonds. The summed E-state index contributed by atoms with van der Waals surface area (Å²) in [6, 6.07) is 0. The van der Waals surface area contributed by atoms with Gasteiger partial charge in [-0.3, -0.25) is 14.4 Å². The van der Waals surface area contributed by atoms with Crippen LogP contribution in [0.4, 0.5) is 0 Å². The summed E-state index contributed by atoms with van der Waals surface area (Å²) >= 11 is 0. The van der Waals surface area contributed by atoms with E-state index in [1.165, 1.54) is 32.1 Å². The lowest BCUT2D eigenvalue weighted by Gasteiger charge is -2.24. The zero-order valence-corrected chi connectivity index (χ0v) is 17.5. The minimum atomic E-state index is -0.578. The summed E-state index contributed by atoms with van der Waals surface area (Å²) in [5.41, 5.74) is -0.578. The zero-order valence-electron chi connectivity index (χ0n) is 17.5. The average molecular weight is 384 g/mol. The molecular formula is C21H37NO5. The quantitative estimate of drug-likeness (QED) is 0.581. The van der Waals surface area contributed by atoms with E-state index in [9.17, 15) is 14.4 Å². The number of esters is 2. The van der Waals surface area contributed by atoms with Gasteiger partial charge in [0.15, 0.2) is 0 Å². The molecule has 6 heteroatoms. The Morgan fingerprint density at radius 2 is 1.74 bits per heavy atom. The normalized spacial score (nSPS) is 16.4. The van der Waals surface area contributed by atoms with Gasteiger partial charge in [-0.2, -0.15) is 0 Å². The number of ether oxygens (including phenoxy) is 2. The predicted molar refractivity (Wildman–Crippen MR) is 104 cm³/mol. The lowest BCUT2D eigenvalue weighted by Crippen LogP contribution is -2.37. The third-order valence-electron chi connectivity index (χ3n) is 4.81. The number of rotatable bonds is 10. The van der Waals surface area contributed by atoms with Crippen molar-refractivity contribution >= 4 is 17.8 Å². The molecule has 1 N–H and O–H groups in total. The van der Waals surface area contributed by atoms with E-state index in [2.05, 4.69) is 5.32 Å². The first kappa shape index (κ1) is 23.4. The Morgan fingerprint density at radius 3 is 2.33 bits per heavy atom. The molecule has 0 aromatic rings. The first-order valence-electron chi connectivity index (χ1n) is 10.4. The van der Waals surface area contributed by atoms with Crippen molar-refractivity contribution in [1.82, 2.24) is 5.32 Å². The number of hydrogen-bond acceptors (Lipinski definition) is 5. The summed E-state index contributed by atoms with van der Waals surface area (Å²) in [7, 11) is 0. The van der Waals surface area contributed by atoms with Crippen molar-refractivity contribution in [2.45, 2.75) is 91.1 Å². The van der Waals surface area contributed by atoms with Crippen LogP contribution >= 0.6 is 0 Å². The summed E-state index contributed by atoms with van der Waals surface area (Å²) in [6.45, 7) is 7.26. The first-order chi connectivity index (χ1) is 12.7. The Labute approximate surface area is 163 Å². The number of carbonyl (C=O) groups excluding carboxylic acids is 3. The molecule has 1 aliphatic carbocycles. The minimum Gasteiger partial charge on any atom is -0.465 e. The van der Waals surface area contributed by atoms with Crippen LogP contribution in [0.15, 0.2) is 0 Å². The van der Waals surface area contributed by atoms with Gasteiger partial charge in [-0.05, 0) is 40.0 Å². The van der Waals surface area contributed by atoms with Gasteiger partial charge < -0.3 is 14.8 Å². The number of nitrogens with one attached hydrogen (secondary N) is 1. The molecule has 27 heavy (non-hydrogen) atoms. The third-order valence-corrected chi connectivity index (χ3v) is 4.81. The maximum Gasteiger partial charge on any atom is 0.325 e. The highest BCUT2D eigenvalue weighted by Gasteiger charge is 2.26. The van der Waals surface area contributed by atoms with Crippen LogP contribution in [0.3, 0.4) is 0 Å². The number of carbonyl (C=O) groups is 3. The maximum absolute atomic E-state index is 12.5. The first-order valence-corrected chi connectivity index (χ1v) is 10.4. The van der Waals surface area contributed by atoms with Crippen LogP contribution in [0.5, 0.6) is 0 Å². The van der Waals surface area contributed by atoms with Crippen molar-refractivity contribution in [3.63, 3.8) is 0 Å². The van der Waals surface area contributed by atoms with Crippen molar-refractivity contribution in [1.29, 1.82) is 0 Å². The SMILES string of the molecule is CCOC(=O)CNC(=O)C(CCCC1CCCCC1)CC(=O)OC(C)(C)C. The second-order valence-corrected chi connectivity index (χ2v) is 8.45. The summed E-state index contributed by atoms with van der Waals surface area (Å²) in [5, 5.41) is 2.60. The van der Waals surface area contributed by atoms with E-state index in [4.69, 9.17) is 9.47 Å². The summed E-state index contributed by atoms with van der Waals surface area (Å²) < 4.78 is 10.2. The summed E-state index contributed by atoms with van der Waals surface area (Å²) in [4.78, 5) is 36.2. The molecule has 0 aromatic heterocycles. The van der Waals surface area contributed by atoms with Crippen molar-refractivity contribution < 1.29 is 23.9 Å². The molecule has 0 aliphatic heterocycles. The molecule has 156 valence electrons. The molecule has 0 radical (unpaired) electrons. The molecule has 0 spiro atoms. The van der Waals surface area contributed by atoms with E-state index in [1.807, 2.05) is 20.8 Å². The Kier molecular flexibility index (Phi) is 10.4. The van der Waals surface area contributed by atoms with Gasteiger partial charge >= 0.3 is 11.9 Å². The number of amides is 1. The van der Waals surface area contributed by atoms with Gasteiger partial charge in [-0.1, -0.05) is 44.9 Å². The molecule has 0 bridgehead atoms. The highest BCUT2D eigenvalue weighted by Crippen LogP contribution is 2.29. The molecule has 0 aromatic carbocycles. The molecule has 1 saturated carbocycles. The smallest absolute Gasteiger partial charge is 0.325 e. The van der Waals surface area contributed by atoms with Crippen LogP contribution in [0, 0.1) is 11.8 Å². The van der Waals surface area contributed by atoms with Crippen molar-refractivity contribution in [2.24, 2.45) is 11.8 Å². The van der Waals surface area contributed by atoms with Gasteiger partial charge in [0, 0.05) is 5.92 Å². The van der Waals surface area contributed by atoms with Gasteiger partial charge in [-0.15, -0.1) is 0 Å². The van der Waals surface area contributed by atoms with E-state index >= 15 is 0 Å². The molecule has 1 rings (SSSR count). The zero-order chi connectivity index (χ0) is 20.3. The highest BCUT2D eigenvalue weighted by molar-refractivity contribution is 5.86. The van der Waals surface area contributed by atoms with Gasteiger partial charge in [0.05, 0.1) is 13.0 Å².